The van der Waals surface area contributed by atoms with Gasteiger partial charge in [0, 0.05) is 12.8 Å². The van der Waals surface area contributed by atoms with Gasteiger partial charge in [0.05, 0.1) is 17.2 Å². The Bertz CT molecular complexity index is 474. The van der Waals surface area contributed by atoms with Gasteiger partial charge >= 0.3 is 0 Å². The first-order chi connectivity index (χ1) is 9.72. The van der Waals surface area contributed by atoms with Gasteiger partial charge in [-0.3, -0.25) is 0 Å². The fraction of sp³-hybridized carbons (Fsp3) is 0.625. The Labute approximate surface area is 125 Å². The van der Waals surface area contributed by atoms with E-state index in [0.717, 1.165) is 37.2 Å². The van der Waals surface area contributed by atoms with Gasteiger partial charge < -0.3 is 15.2 Å². The van der Waals surface area contributed by atoms with Crippen LogP contribution in [0.4, 0.5) is 0 Å². The molecule has 1 heterocycles. The summed E-state index contributed by atoms with van der Waals surface area (Å²) in [5, 5.41) is 0.685. The van der Waals surface area contributed by atoms with E-state index in [4.69, 9.17) is 26.8 Å². The molecule has 110 valence electrons. The number of hydrogen-bond donors (Lipinski definition) is 1. The van der Waals surface area contributed by atoms with Crippen molar-refractivity contribution in [2.24, 2.45) is 5.73 Å². The lowest BCUT2D eigenvalue weighted by atomic mass is 9.74. The molecular formula is C16H22ClNO2. The normalized spacial score (nSPS) is 24.4. The summed E-state index contributed by atoms with van der Waals surface area (Å²) in [6.45, 7) is 1.40. The monoisotopic (exact) mass is 295 g/mol. The number of benzene rings is 1. The van der Waals surface area contributed by atoms with Gasteiger partial charge in [0.1, 0.15) is 11.9 Å². The summed E-state index contributed by atoms with van der Waals surface area (Å²) in [7, 11) is 0. The van der Waals surface area contributed by atoms with E-state index in [1.54, 1.807) is 0 Å². The van der Waals surface area contributed by atoms with Crippen molar-refractivity contribution in [3.05, 3.63) is 28.8 Å². The van der Waals surface area contributed by atoms with E-state index in [1.165, 1.54) is 19.3 Å². The molecule has 1 aliphatic heterocycles. The predicted molar refractivity (Wildman–Crippen MR) is 80.4 cm³/mol. The first-order valence-electron chi connectivity index (χ1n) is 7.50. The van der Waals surface area contributed by atoms with Crippen molar-refractivity contribution in [1.29, 1.82) is 0 Å². The van der Waals surface area contributed by atoms with Crippen LogP contribution in [0.5, 0.6) is 5.75 Å². The quantitative estimate of drug-likeness (QED) is 0.927. The first kappa shape index (κ1) is 14.2. The molecule has 1 aromatic rings. The van der Waals surface area contributed by atoms with Crippen molar-refractivity contribution < 1.29 is 9.47 Å². The first-order valence-corrected chi connectivity index (χ1v) is 7.88. The molecule has 1 saturated heterocycles. The number of rotatable bonds is 4. The van der Waals surface area contributed by atoms with Gasteiger partial charge in [0.2, 0.25) is 0 Å². The van der Waals surface area contributed by atoms with Gasteiger partial charge in [-0.05, 0) is 43.9 Å². The maximum absolute atomic E-state index is 6.31. The van der Waals surface area contributed by atoms with Crippen LogP contribution in [-0.2, 0) is 11.2 Å². The highest BCUT2D eigenvalue weighted by Gasteiger charge is 2.43. The van der Waals surface area contributed by atoms with Crippen LogP contribution in [0.25, 0.3) is 0 Å². The summed E-state index contributed by atoms with van der Waals surface area (Å²) in [5.41, 5.74) is 6.87. The lowest BCUT2D eigenvalue weighted by Crippen LogP contribution is -2.48. The molecule has 0 bridgehead atoms. The second kappa shape index (κ2) is 5.92. The zero-order valence-electron chi connectivity index (χ0n) is 11.7. The highest BCUT2D eigenvalue weighted by Crippen LogP contribution is 2.43. The van der Waals surface area contributed by atoms with E-state index >= 15 is 0 Å². The van der Waals surface area contributed by atoms with Crippen LogP contribution >= 0.6 is 11.6 Å². The summed E-state index contributed by atoms with van der Waals surface area (Å²) < 4.78 is 12.2. The maximum atomic E-state index is 6.31. The number of halogens is 1. The number of para-hydroxylation sites is 1. The zero-order chi connectivity index (χ0) is 14.0. The minimum absolute atomic E-state index is 0.0954. The lowest BCUT2D eigenvalue weighted by molar-refractivity contribution is -0.153. The Hall–Kier alpha value is -0.770. The maximum Gasteiger partial charge on any atom is 0.141 e. The lowest BCUT2D eigenvalue weighted by Gasteiger charge is -2.47. The minimum Gasteiger partial charge on any atom is -0.488 e. The highest BCUT2D eigenvalue weighted by molar-refractivity contribution is 6.32. The Morgan fingerprint density at radius 1 is 1.40 bits per heavy atom. The van der Waals surface area contributed by atoms with Crippen LogP contribution < -0.4 is 10.5 Å². The summed E-state index contributed by atoms with van der Waals surface area (Å²) in [6, 6.07) is 5.89. The van der Waals surface area contributed by atoms with Crippen molar-refractivity contribution in [3.63, 3.8) is 0 Å². The average molecular weight is 296 g/mol. The number of nitrogens with two attached hydrogens (primary N) is 1. The highest BCUT2D eigenvalue weighted by atomic mass is 35.5. The minimum atomic E-state index is 0.0954. The molecule has 3 rings (SSSR count). The molecule has 3 nitrogen and oxygen atoms in total. The van der Waals surface area contributed by atoms with Gasteiger partial charge in [-0.1, -0.05) is 23.7 Å². The number of hydrogen-bond acceptors (Lipinski definition) is 3. The molecule has 1 aromatic carbocycles. The third kappa shape index (κ3) is 2.80. The standard InChI is InChI=1S/C16H22ClNO2/c17-14-4-1-3-12(5-9-18)15(14)20-13-6-10-19-16(11-13)7-2-8-16/h1,3-4,13H,2,5-11,18H2. The van der Waals surface area contributed by atoms with E-state index in [9.17, 15) is 0 Å². The van der Waals surface area contributed by atoms with Crippen molar-refractivity contribution in [2.45, 2.75) is 50.2 Å². The van der Waals surface area contributed by atoms with Crippen molar-refractivity contribution in [2.75, 3.05) is 13.2 Å². The molecule has 1 saturated carbocycles. The molecule has 0 radical (unpaired) electrons. The zero-order valence-corrected chi connectivity index (χ0v) is 12.5. The Morgan fingerprint density at radius 2 is 2.25 bits per heavy atom. The molecule has 1 unspecified atom stereocenters. The fourth-order valence-electron chi connectivity index (χ4n) is 3.21. The molecule has 1 aliphatic carbocycles. The smallest absolute Gasteiger partial charge is 0.141 e. The fourth-order valence-corrected chi connectivity index (χ4v) is 3.45. The Kier molecular flexibility index (Phi) is 4.20. The third-order valence-electron chi connectivity index (χ3n) is 4.46. The molecule has 0 aromatic heterocycles. The van der Waals surface area contributed by atoms with Gasteiger partial charge in [0.25, 0.3) is 0 Å². The molecule has 1 atom stereocenters. The molecule has 0 amide bonds. The van der Waals surface area contributed by atoms with Gasteiger partial charge in [0.15, 0.2) is 0 Å². The van der Waals surface area contributed by atoms with Crippen LogP contribution in [0.2, 0.25) is 5.02 Å². The Morgan fingerprint density at radius 3 is 2.95 bits per heavy atom. The molecule has 2 aliphatic rings. The summed E-state index contributed by atoms with van der Waals surface area (Å²) in [6.07, 6.45) is 6.55. The molecule has 1 spiro atoms. The van der Waals surface area contributed by atoms with Crippen molar-refractivity contribution in [1.82, 2.24) is 0 Å². The van der Waals surface area contributed by atoms with Gasteiger partial charge in [-0.15, -0.1) is 0 Å². The number of ether oxygens (including phenoxy) is 2. The SMILES string of the molecule is NCCc1cccc(Cl)c1OC1CCOC2(CCC2)C1. The van der Waals surface area contributed by atoms with Crippen molar-refractivity contribution >= 4 is 11.6 Å². The summed E-state index contributed by atoms with van der Waals surface area (Å²) >= 11 is 6.31. The van der Waals surface area contributed by atoms with Crippen LogP contribution in [0.15, 0.2) is 18.2 Å². The van der Waals surface area contributed by atoms with E-state index < -0.39 is 0 Å². The van der Waals surface area contributed by atoms with Gasteiger partial charge in [-0.25, -0.2) is 0 Å². The van der Waals surface area contributed by atoms with E-state index in [0.29, 0.717) is 11.6 Å². The van der Waals surface area contributed by atoms with Crippen LogP contribution in [0.3, 0.4) is 0 Å². The molecule has 20 heavy (non-hydrogen) atoms. The van der Waals surface area contributed by atoms with Crippen LogP contribution in [-0.4, -0.2) is 24.9 Å². The van der Waals surface area contributed by atoms with E-state index in [2.05, 4.69) is 0 Å². The second-order valence-corrected chi connectivity index (χ2v) is 6.29. The topological polar surface area (TPSA) is 44.5 Å². The Balaban J connectivity index is 1.73. The molecule has 2 fully saturated rings. The molecule has 2 N–H and O–H groups in total. The predicted octanol–water partition coefficient (Wildman–Crippen LogP) is 3.32. The molecule has 4 heteroatoms. The third-order valence-corrected chi connectivity index (χ3v) is 4.76. The summed E-state index contributed by atoms with van der Waals surface area (Å²) in [5.74, 6) is 0.820. The summed E-state index contributed by atoms with van der Waals surface area (Å²) in [4.78, 5) is 0. The van der Waals surface area contributed by atoms with E-state index in [1.807, 2.05) is 18.2 Å². The van der Waals surface area contributed by atoms with Crippen molar-refractivity contribution in [3.8, 4) is 5.75 Å². The molecular weight excluding hydrogens is 274 g/mol. The van der Waals surface area contributed by atoms with Gasteiger partial charge in [-0.2, -0.15) is 0 Å². The largest absolute Gasteiger partial charge is 0.488 e. The van der Waals surface area contributed by atoms with Crippen LogP contribution in [0.1, 0.15) is 37.7 Å². The van der Waals surface area contributed by atoms with Crippen LogP contribution in [0, 0.1) is 0 Å². The second-order valence-electron chi connectivity index (χ2n) is 5.88. The average Bonchev–Trinajstić information content (AvgIpc) is 2.42. The van der Waals surface area contributed by atoms with E-state index in [-0.39, 0.29) is 11.7 Å².